The monoisotopic (exact) mass is 689 g/mol. The zero-order chi connectivity index (χ0) is 34.7. The van der Waals surface area contributed by atoms with Crippen molar-refractivity contribution >= 4 is 13.7 Å². The van der Waals surface area contributed by atoms with Gasteiger partial charge in [-0.05, 0) is 19.3 Å². The number of rotatable bonds is 37. The summed E-state index contributed by atoms with van der Waals surface area (Å²) in [7, 11) is -4.54. The Hall–Kier alpha value is -0.760. The number of aliphatic hydroxyl groups is 1. The Morgan fingerprint density at radius 2 is 1.11 bits per heavy atom. The predicted octanol–water partition coefficient (Wildman–Crippen LogP) is 9.09. The van der Waals surface area contributed by atoms with Gasteiger partial charge in [-0.3, -0.25) is 9.36 Å². The van der Waals surface area contributed by atoms with Crippen LogP contribution in [0.25, 0.3) is 0 Å². The van der Waals surface area contributed by atoms with Crippen LogP contribution in [0.5, 0.6) is 0 Å². The standard InChI is InChI=1S/C38H77N2O6P/c1-3-5-7-9-11-13-15-17-18-20-22-24-26-28-30-32-38(42)40-36(35-46-47(43,44)45-34-33-39)37(41)31-29-27-25-23-21-19-16-14-12-10-8-6-4-2/h29,31,36-37,41H,3-28,30,32-35,39H2,1-2H3,(H,40,42)(H,43,44)/b31-29-/t36-,37+/m0/s1. The minimum Gasteiger partial charge on any atom is -0.756 e. The molecular weight excluding hydrogens is 611 g/mol. The van der Waals surface area contributed by atoms with Crippen LogP contribution in [-0.4, -0.2) is 42.9 Å². The zero-order valence-corrected chi connectivity index (χ0v) is 31.8. The molecule has 1 unspecified atom stereocenters. The summed E-state index contributed by atoms with van der Waals surface area (Å²) in [6.07, 6.45) is 36.7. The van der Waals surface area contributed by atoms with E-state index >= 15 is 0 Å². The van der Waals surface area contributed by atoms with Gasteiger partial charge in [0.05, 0.1) is 25.3 Å². The van der Waals surface area contributed by atoms with E-state index in [1.54, 1.807) is 6.08 Å². The lowest BCUT2D eigenvalue weighted by Crippen LogP contribution is -2.52. The topological polar surface area (TPSA) is 136 Å². The number of carbonyl (C=O) groups is 1. The highest BCUT2D eigenvalue weighted by Gasteiger charge is 2.22. The smallest absolute Gasteiger partial charge is 0.268 e. The molecule has 8 nitrogen and oxygen atoms in total. The highest BCUT2D eigenvalue weighted by atomic mass is 31.2. The average Bonchev–Trinajstić information content (AvgIpc) is 3.05. The summed E-state index contributed by atoms with van der Waals surface area (Å²) < 4.78 is 21.8. The van der Waals surface area contributed by atoms with Crippen LogP contribution in [-0.2, 0) is 18.4 Å². The molecule has 280 valence electrons. The Balaban J connectivity index is 4.26. The molecule has 0 bridgehead atoms. The number of allylic oxidation sites excluding steroid dienone is 1. The molecule has 1 amide bonds. The van der Waals surface area contributed by atoms with Gasteiger partial charge in [-0.2, -0.15) is 0 Å². The second-order valence-corrected chi connectivity index (χ2v) is 15.0. The molecule has 3 atom stereocenters. The molecule has 47 heavy (non-hydrogen) atoms. The molecule has 0 saturated carbocycles. The van der Waals surface area contributed by atoms with E-state index in [0.717, 1.165) is 38.5 Å². The maximum Gasteiger partial charge on any atom is 0.268 e. The van der Waals surface area contributed by atoms with Crippen LogP contribution in [0.4, 0.5) is 0 Å². The number of nitrogens with one attached hydrogen (secondary N) is 1. The third-order valence-electron chi connectivity index (χ3n) is 8.88. The Morgan fingerprint density at radius 3 is 1.53 bits per heavy atom. The quantitative estimate of drug-likeness (QED) is 0.0338. The van der Waals surface area contributed by atoms with Crippen molar-refractivity contribution in [1.82, 2.24) is 5.32 Å². The Bertz CT molecular complexity index is 754. The molecule has 0 rings (SSSR count). The molecule has 0 aromatic rings. The Kier molecular flexibility index (Phi) is 34.5. The molecule has 0 saturated heterocycles. The van der Waals surface area contributed by atoms with Crippen molar-refractivity contribution in [2.45, 2.75) is 206 Å². The van der Waals surface area contributed by atoms with Gasteiger partial charge in [-0.15, -0.1) is 0 Å². The molecule has 0 aliphatic rings. The number of hydrogen-bond acceptors (Lipinski definition) is 6. The summed E-state index contributed by atoms with van der Waals surface area (Å²) >= 11 is 0. The number of aliphatic hydroxyl groups excluding tert-OH is 1. The first kappa shape index (κ1) is 46.2. The fourth-order valence-corrected chi connectivity index (χ4v) is 6.61. The number of phosphoric acid groups is 1. The lowest BCUT2D eigenvalue weighted by Gasteiger charge is -2.27. The normalized spacial score (nSPS) is 14.4. The minimum absolute atomic E-state index is 0.0710. The highest BCUT2D eigenvalue weighted by Crippen LogP contribution is 2.38. The van der Waals surface area contributed by atoms with Gasteiger partial charge in [-0.25, -0.2) is 0 Å². The second kappa shape index (κ2) is 35.1. The van der Waals surface area contributed by atoms with Crippen molar-refractivity contribution < 1.29 is 34.1 Å². The fraction of sp³-hybridized carbons (Fsp3) is 0.921. The summed E-state index contributed by atoms with van der Waals surface area (Å²) in [6.45, 7) is 4.35. The van der Waals surface area contributed by atoms with Gasteiger partial charge >= 0.3 is 0 Å². The first-order valence-corrected chi connectivity index (χ1v) is 21.4. The molecular formula is C38H77N2O6P. The summed E-state index contributed by atoms with van der Waals surface area (Å²) in [5.41, 5.74) is 3.57. The van der Waals surface area contributed by atoms with Gasteiger partial charge in [0, 0.05) is 6.42 Å². The lowest BCUT2D eigenvalue weighted by molar-refractivity contribution is -0.373. The third kappa shape index (κ3) is 33.5. The molecule has 5 N–H and O–H groups in total. The van der Waals surface area contributed by atoms with Gasteiger partial charge in [-0.1, -0.05) is 180 Å². The van der Waals surface area contributed by atoms with Crippen LogP contribution >= 0.6 is 7.82 Å². The van der Waals surface area contributed by atoms with Crippen molar-refractivity contribution in [2.75, 3.05) is 19.8 Å². The number of carbonyl (C=O) groups excluding carboxylic acids is 1. The van der Waals surface area contributed by atoms with Crippen LogP contribution in [0.3, 0.4) is 0 Å². The summed E-state index contributed by atoms with van der Waals surface area (Å²) in [5, 5.41) is 13.6. The maximum atomic E-state index is 12.7. The first-order valence-electron chi connectivity index (χ1n) is 19.9. The van der Waals surface area contributed by atoms with E-state index in [2.05, 4.69) is 24.9 Å². The Morgan fingerprint density at radius 1 is 0.702 bits per heavy atom. The molecule has 0 spiro atoms. The van der Waals surface area contributed by atoms with E-state index in [4.69, 9.17) is 9.05 Å². The number of hydrogen-bond donors (Lipinski definition) is 3. The van der Waals surface area contributed by atoms with Crippen LogP contribution in [0.2, 0.25) is 0 Å². The molecule has 0 aliphatic heterocycles. The Labute approximate surface area is 290 Å². The van der Waals surface area contributed by atoms with Gasteiger partial charge in [0.25, 0.3) is 7.82 Å². The average molecular weight is 689 g/mol. The van der Waals surface area contributed by atoms with Crippen molar-refractivity contribution in [1.29, 1.82) is 0 Å². The molecule has 9 heteroatoms. The summed E-state index contributed by atoms with van der Waals surface area (Å²) in [5.74, 6) is -0.203. The molecule has 0 heterocycles. The van der Waals surface area contributed by atoms with Gasteiger partial charge in [0.2, 0.25) is 5.91 Å². The summed E-state index contributed by atoms with van der Waals surface area (Å²) in [6, 6.07) is -0.877. The van der Waals surface area contributed by atoms with E-state index in [9.17, 15) is 19.4 Å². The third-order valence-corrected chi connectivity index (χ3v) is 9.84. The predicted molar refractivity (Wildman–Crippen MR) is 195 cm³/mol. The number of amides is 1. The van der Waals surface area contributed by atoms with Crippen molar-refractivity contribution in [3.8, 4) is 0 Å². The minimum atomic E-state index is -4.54. The second-order valence-electron chi connectivity index (χ2n) is 13.5. The maximum absolute atomic E-state index is 12.7. The van der Waals surface area contributed by atoms with Crippen molar-refractivity contribution in [2.24, 2.45) is 0 Å². The molecule has 0 radical (unpaired) electrons. The fourth-order valence-electron chi connectivity index (χ4n) is 5.84. The molecule has 0 fully saturated rings. The van der Waals surface area contributed by atoms with E-state index in [-0.39, 0.29) is 19.1 Å². The van der Waals surface area contributed by atoms with Crippen LogP contribution in [0.15, 0.2) is 12.2 Å². The van der Waals surface area contributed by atoms with Crippen LogP contribution < -0.4 is 15.9 Å². The van der Waals surface area contributed by atoms with Crippen LogP contribution in [0, 0.1) is 0 Å². The van der Waals surface area contributed by atoms with Gasteiger partial charge in [0.1, 0.15) is 6.61 Å². The largest absolute Gasteiger partial charge is 0.756 e. The lowest BCUT2D eigenvalue weighted by atomic mass is 10.0. The molecule has 0 aliphatic carbocycles. The molecule has 0 aromatic heterocycles. The van der Waals surface area contributed by atoms with Gasteiger partial charge < -0.3 is 30.1 Å². The number of unbranched alkanes of at least 4 members (excludes halogenated alkanes) is 25. The van der Waals surface area contributed by atoms with Gasteiger partial charge in [0.15, 0.2) is 0 Å². The van der Waals surface area contributed by atoms with Crippen LogP contribution in [0.1, 0.15) is 194 Å². The molecule has 0 aromatic carbocycles. The summed E-state index contributed by atoms with van der Waals surface area (Å²) in [4.78, 5) is 24.7. The van der Waals surface area contributed by atoms with Crippen molar-refractivity contribution in [3.63, 3.8) is 0 Å². The highest BCUT2D eigenvalue weighted by molar-refractivity contribution is 7.45. The number of quaternary nitrogens is 1. The van der Waals surface area contributed by atoms with E-state index in [1.165, 1.54) is 135 Å². The van der Waals surface area contributed by atoms with E-state index < -0.39 is 20.0 Å². The first-order chi connectivity index (χ1) is 22.9. The number of phosphoric ester groups is 1. The zero-order valence-electron chi connectivity index (χ0n) is 30.9. The van der Waals surface area contributed by atoms with E-state index in [0.29, 0.717) is 13.0 Å². The van der Waals surface area contributed by atoms with E-state index in [1.807, 2.05) is 6.08 Å². The SMILES string of the molecule is CCCCCCCCCCCCC/C=C\[C@@H](O)[C@H](COP(=O)([O-])OCC[NH3+])NC(=O)CCCCCCCCCCCCCCCCC. The van der Waals surface area contributed by atoms with Crippen molar-refractivity contribution in [3.05, 3.63) is 12.2 Å².